The predicted octanol–water partition coefficient (Wildman–Crippen LogP) is 2.23. The molecule has 0 aliphatic heterocycles. The Kier molecular flexibility index (Phi) is 5.77. The van der Waals surface area contributed by atoms with Crippen LogP contribution in [0.1, 0.15) is 17.5 Å². The van der Waals surface area contributed by atoms with E-state index in [1.165, 1.54) is 0 Å². The first-order valence-corrected chi connectivity index (χ1v) is 7.58. The second-order valence-electron chi connectivity index (χ2n) is 5.21. The lowest BCUT2D eigenvalue weighted by atomic mass is 9.93. The molecular weight excluding hydrogens is 298 g/mol. The van der Waals surface area contributed by atoms with Crippen LogP contribution in [0.4, 0.5) is 5.82 Å². The van der Waals surface area contributed by atoms with E-state index in [1.807, 2.05) is 12.1 Å². The van der Waals surface area contributed by atoms with E-state index in [0.717, 1.165) is 17.5 Å². The number of carboxylic acid groups (broad SMARTS) is 1. The number of nitrogen functional groups attached to an aromatic ring is 1. The molecule has 0 aromatic carbocycles. The molecule has 0 aliphatic carbocycles. The number of nitrogens with two attached hydrogens (primary N) is 1. The Hall–Kier alpha value is -2.08. The van der Waals surface area contributed by atoms with Crippen LogP contribution < -0.4 is 5.73 Å². The van der Waals surface area contributed by atoms with Gasteiger partial charge in [-0.25, -0.2) is 4.98 Å². The zero-order valence-electron chi connectivity index (χ0n) is 12.1. The SMILES string of the molecule is Nc1ccc(CC(C(=O)O)C(S)CCc2cccnc2)cn1. The number of pyridine rings is 2. The summed E-state index contributed by atoms with van der Waals surface area (Å²) in [5.74, 6) is -0.983. The molecule has 2 atom stereocenters. The van der Waals surface area contributed by atoms with Gasteiger partial charge in [-0.15, -0.1) is 0 Å². The van der Waals surface area contributed by atoms with Crippen molar-refractivity contribution in [2.24, 2.45) is 5.92 Å². The summed E-state index contributed by atoms with van der Waals surface area (Å²) in [5.41, 5.74) is 7.47. The van der Waals surface area contributed by atoms with Crippen LogP contribution in [-0.2, 0) is 17.6 Å². The summed E-state index contributed by atoms with van der Waals surface area (Å²) in [4.78, 5) is 19.6. The molecule has 0 saturated heterocycles. The summed E-state index contributed by atoms with van der Waals surface area (Å²) in [5, 5.41) is 9.21. The van der Waals surface area contributed by atoms with Gasteiger partial charge >= 0.3 is 5.97 Å². The van der Waals surface area contributed by atoms with Crippen molar-refractivity contribution in [1.29, 1.82) is 0 Å². The smallest absolute Gasteiger partial charge is 0.307 e. The number of hydrogen-bond acceptors (Lipinski definition) is 5. The number of aryl methyl sites for hydroxylation is 1. The summed E-state index contributed by atoms with van der Waals surface area (Å²) in [7, 11) is 0. The van der Waals surface area contributed by atoms with Gasteiger partial charge in [0.05, 0.1) is 5.92 Å². The van der Waals surface area contributed by atoms with Gasteiger partial charge in [0.15, 0.2) is 0 Å². The second kappa shape index (κ2) is 7.79. The van der Waals surface area contributed by atoms with Crippen molar-refractivity contribution in [3.8, 4) is 0 Å². The number of carboxylic acids is 1. The molecule has 0 aliphatic rings. The van der Waals surface area contributed by atoms with Crippen LogP contribution in [0.5, 0.6) is 0 Å². The zero-order chi connectivity index (χ0) is 15.9. The van der Waals surface area contributed by atoms with E-state index in [1.54, 1.807) is 30.7 Å². The largest absolute Gasteiger partial charge is 0.481 e. The van der Waals surface area contributed by atoms with Crippen molar-refractivity contribution in [2.45, 2.75) is 24.5 Å². The molecule has 5 nitrogen and oxygen atoms in total. The number of hydrogen-bond donors (Lipinski definition) is 3. The van der Waals surface area contributed by atoms with Crippen LogP contribution in [0.3, 0.4) is 0 Å². The fourth-order valence-corrected chi connectivity index (χ4v) is 2.62. The molecule has 0 spiro atoms. The molecule has 0 fully saturated rings. The molecular formula is C16H19N3O2S. The first-order chi connectivity index (χ1) is 10.6. The average molecular weight is 317 g/mol. The Labute approximate surface area is 135 Å². The second-order valence-corrected chi connectivity index (χ2v) is 5.87. The van der Waals surface area contributed by atoms with Crippen LogP contribution in [-0.4, -0.2) is 26.3 Å². The van der Waals surface area contributed by atoms with E-state index >= 15 is 0 Å². The molecule has 0 saturated carbocycles. The number of thiol groups is 1. The van der Waals surface area contributed by atoms with Gasteiger partial charge in [-0.2, -0.15) is 12.6 Å². The Morgan fingerprint density at radius 3 is 2.68 bits per heavy atom. The maximum atomic E-state index is 11.5. The van der Waals surface area contributed by atoms with Gasteiger partial charge < -0.3 is 10.8 Å². The highest BCUT2D eigenvalue weighted by Crippen LogP contribution is 2.21. The highest BCUT2D eigenvalue weighted by Gasteiger charge is 2.25. The number of aromatic nitrogens is 2. The summed E-state index contributed by atoms with van der Waals surface area (Å²) < 4.78 is 0. The Balaban J connectivity index is 1.97. The maximum Gasteiger partial charge on any atom is 0.307 e. The highest BCUT2D eigenvalue weighted by atomic mass is 32.1. The van der Waals surface area contributed by atoms with Crippen molar-refractivity contribution >= 4 is 24.4 Å². The van der Waals surface area contributed by atoms with Gasteiger partial charge in [-0.05, 0) is 42.5 Å². The van der Waals surface area contributed by atoms with Crippen LogP contribution >= 0.6 is 12.6 Å². The summed E-state index contributed by atoms with van der Waals surface area (Å²) in [6.07, 6.45) is 6.95. The number of nitrogens with zero attached hydrogens (tertiary/aromatic N) is 2. The van der Waals surface area contributed by atoms with E-state index in [-0.39, 0.29) is 5.25 Å². The minimum atomic E-state index is -0.844. The van der Waals surface area contributed by atoms with Gasteiger partial charge in [0.2, 0.25) is 0 Å². The molecule has 2 heterocycles. The Bertz CT molecular complexity index is 605. The lowest BCUT2D eigenvalue weighted by molar-refractivity contribution is -0.141. The minimum Gasteiger partial charge on any atom is -0.481 e. The lowest BCUT2D eigenvalue weighted by Gasteiger charge is -2.19. The van der Waals surface area contributed by atoms with Gasteiger partial charge in [0, 0.05) is 23.8 Å². The standard InChI is InChI=1S/C16H19N3O2S/c17-15-6-4-12(10-19-15)8-13(16(20)21)14(22)5-3-11-2-1-7-18-9-11/h1-2,4,6-7,9-10,13-14,22H,3,5,8H2,(H2,17,19)(H,20,21). The van der Waals surface area contributed by atoms with Crippen molar-refractivity contribution in [1.82, 2.24) is 9.97 Å². The van der Waals surface area contributed by atoms with Gasteiger partial charge in [0.25, 0.3) is 0 Å². The van der Waals surface area contributed by atoms with Crippen molar-refractivity contribution in [2.75, 3.05) is 5.73 Å². The average Bonchev–Trinajstić information content (AvgIpc) is 2.52. The molecule has 0 amide bonds. The van der Waals surface area contributed by atoms with Crippen LogP contribution in [0.15, 0.2) is 42.9 Å². The van der Waals surface area contributed by atoms with E-state index in [4.69, 9.17) is 5.73 Å². The lowest BCUT2D eigenvalue weighted by Crippen LogP contribution is -2.27. The topological polar surface area (TPSA) is 89.1 Å². The van der Waals surface area contributed by atoms with Gasteiger partial charge in [0.1, 0.15) is 5.82 Å². The normalized spacial score (nSPS) is 13.5. The highest BCUT2D eigenvalue weighted by molar-refractivity contribution is 7.81. The molecule has 2 aromatic rings. The number of aliphatic carboxylic acids is 1. The fourth-order valence-electron chi connectivity index (χ4n) is 2.26. The first-order valence-electron chi connectivity index (χ1n) is 7.06. The number of anilines is 1. The quantitative estimate of drug-likeness (QED) is 0.682. The van der Waals surface area contributed by atoms with Crippen LogP contribution in [0.2, 0.25) is 0 Å². The molecule has 0 bridgehead atoms. The van der Waals surface area contributed by atoms with Crippen LogP contribution in [0.25, 0.3) is 0 Å². The molecule has 2 unspecified atom stereocenters. The van der Waals surface area contributed by atoms with E-state index in [0.29, 0.717) is 18.7 Å². The van der Waals surface area contributed by atoms with E-state index < -0.39 is 11.9 Å². The molecule has 3 N–H and O–H groups in total. The third-order valence-corrected chi connectivity index (χ3v) is 4.15. The fraction of sp³-hybridized carbons (Fsp3) is 0.312. The number of rotatable bonds is 7. The van der Waals surface area contributed by atoms with Crippen LogP contribution in [0, 0.1) is 5.92 Å². The third-order valence-electron chi connectivity index (χ3n) is 3.54. The van der Waals surface area contributed by atoms with Gasteiger partial charge in [-0.3, -0.25) is 9.78 Å². The Morgan fingerprint density at radius 1 is 1.27 bits per heavy atom. The molecule has 2 rings (SSSR count). The van der Waals surface area contributed by atoms with Crippen molar-refractivity contribution < 1.29 is 9.90 Å². The molecule has 22 heavy (non-hydrogen) atoms. The number of carbonyl (C=O) groups is 1. The summed E-state index contributed by atoms with van der Waals surface area (Å²) in [6.45, 7) is 0. The predicted molar refractivity (Wildman–Crippen MR) is 88.8 cm³/mol. The first kappa shape index (κ1) is 16.3. The summed E-state index contributed by atoms with van der Waals surface area (Å²) in [6, 6.07) is 7.34. The monoisotopic (exact) mass is 317 g/mol. The van der Waals surface area contributed by atoms with Crippen molar-refractivity contribution in [3.05, 3.63) is 54.0 Å². The summed E-state index contributed by atoms with van der Waals surface area (Å²) >= 11 is 4.50. The molecule has 2 aromatic heterocycles. The van der Waals surface area contributed by atoms with Crippen molar-refractivity contribution in [3.63, 3.8) is 0 Å². The molecule has 116 valence electrons. The minimum absolute atomic E-state index is 0.241. The maximum absolute atomic E-state index is 11.5. The zero-order valence-corrected chi connectivity index (χ0v) is 13.0. The molecule has 0 radical (unpaired) electrons. The Morgan fingerprint density at radius 2 is 2.09 bits per heavy atom. The molecule has 6 heteroatoms. The van der Waals surface area contributed by atoms with E-state index in [9.17, 15) is 9.90 Å². The van der Waals surface area contributed by atoms with Gasteiger partial charge in [-0.1, -0.05) is 12.1 Å². The van der Waals surface area contributed by atoms with E-state index in [2.05, 4.69) is 22.6 Å². The third kappa shape index (κ3) is 4.73.